The first-order valence-electron chi connectivity index (χ1n) is 23.0. The molecule has 0 aromatic carbocycles. The summed E-state index contributed by atoms with van der Waals surface area (Å²) < 4.78 is 0. The summed E-state index contributed by atoms with van der Waals surface area (Å²) in [4.78, 5) is 0. The molecule has 0 spiro atoms. The van der Waals surface area contributed by atoms with E-state index in [4.69, 9.17) is 34.1 Å². The molecule has 7 aliphatic rings. The van der Waals surface area contributed by atoms with Crippen molar-refractivity contribution in [3.63, 3.8) is 0 Å². The van der Waals surface area contributed by atoms with Crippen LogP contribution < -0.4 is 0 Å². The van der Waals surface area contributed by atoms with Crippen molar-refractivity contribution in [2.75, 3.05) is 0 Å². The summed E-state index contributed by atoms with van der Waals surface area (Å²) in [5.41, 5.74) is 3.90. The van der Waals surface area contributed by atoms with Crippen LogP contribution in [0, 0.1) is 105 Å². The summed E-state index contributed by atoms with van der Waals surface area (Å²) in [5.74, 6) is 7.69. The Morgan fingerprint density at radius 3 is 1.59 bits per heavy atom. The van der Waals surface area contributed by atoms with Gasteiger partial charge < -0.3 is 29.7 Å². The van der Waals surface area contributed by atoms with Crippen molar-refractivity contribution in [3.8, 4) is 0 Å². The Bertz CT molecular complexity index is 1360. The Balaban J connectivity index is 0.00000163. The van der Waals surface area contributed by atoms with E-state index in [-0.39, 0.29) is 40.5 Å². The van der Waals surface area contributed by atoms with Crippen LogP contribution in [0.5, 0.6) is 0 Å². The molecule has 7 rings (SSSR count). The molecule has 0 radical (unpaired) electrons. The Kier molecular flexibility index (Phi) is 31.0. The minimum absolute atomic E-state index is 0. The summed E-state index contributed by atoms with van der Waals surface area (Å²) in [7, 11) is 19.7. The molecule has 7 aliphatic carbocycles. The molecule has 346 valence electrons. The standard InChI is InChI=1S/C42H60.C9H18.4CH3.4ClH.2Zr/c1-40(2,3)32-22-24-35-36-25-23-33(41(4,5)6)28-38(36)39(37(35)27-32)42(7,31-17-11-12-18-31)26-14-8-9-15-29-20-21-30-16-10-13-19-34(29)30;1-2-3-6-9-7-4-5-8-9;;;;;;;;;;/h8-10,13,16,19,22-25,27-31,34-39H,11-12,14-15,17-18,20-21,26H2,1-7H3;9H,2-8H2,1H3;4*1H3;4*1H;;/q;;4*-1;;;;;2*+4/p-4/b9-8+;;;;;;;;;;;. The summed E-state index contributed by atoms with van der Waals surface area (Å²) in [6.45, 7) is 19.5. The SMILES string of the molecule is CC(C)(C)C1=CC2C(C=C1)C1C=CC(C(C)(C)C)=CC1C2C(C)(CC/C=C/CC1CCC2C=CC=CC21)C1CCCC1.CCCCC1CCCC1.[CH3-].[CH3-].[CH3-].[CH3-].[Cl][Zr+2][Cl].[Cl][Zr+2][Cl]. The van der Waals surface area contributed by atoms with Gasteiger partial charge in [-0.15, -0.1) is 0 Å². The Morgan fingerprint density at radius 1 is 0.607 bits per heavy atom. The first-order valence-corrected chi connectivity index (χ1v) is 35.6. The molecule has 0 amide bonds. The molecular weight excluding hydrogens is 985 g/mol. The molecule has 0 bridgehead atoms. The van der Waals surface area contributed by atoms with Crippen LogP contribution in [0.15, 0.2) is 84.1 Å². The molecule has 4 fully saturated rings. The van der Waals surface area contributed by atoms with Gasteiger partial charge in [0.15, 0.2) is 0 Å². The van der Waals surface area contributed by atoms with E-state index in [2.05, 4.69) is 128 Å². The third-order valence-corrected chi connectivity index (χ3v) is 15.3. The van der Waals surface area contributed by atoms with Gasteiger partial charge in [0.25, 0.3) is 0 Å². The van der Waals surface area contributed by atoms with Gasteiger partial charge in [0.1, 0.15) is 0 Å². The van der Waals surface area contributed by atoms with E-state index in [0.717, 1.165) is 29.6 Å². The van der Waals surface area contributed by atoms with Gasteiger partial charge in [-0.3, -0.25) is 0 Å². The van der Waals surface area contributed by atoms with Gasteiger partial charge in [-0.25, -0.2) is 0 Å². The minimum atomic E-state index is -0.826. The van der Waals surface area contributed by atoms with Gasteiger partial charge >= 0.3 is 75.7 Å². The topological polar surface area (TPSA) is 0 Å². The molecule has 8 unspecified atom stereocenters. The van der Waals surface area contributed by atoms with Crippen LogP contribution in [0.4, 0.5) is 0 Å². The molecule has 61 heavy (non-hydrogen) atoms. The van der Waals surface area contributed by atoms with E-state index in [1.54, 1.807) is 11.1 Å². The Hall–Kier alpha value is 1.11. The second-order valence-corrected chi connectivity index (χ2v) is 28.3. The zero-order valence-corrected chi connectivity index (χ0v) is 49.0. The van der Waals surface area contributed by atoms with Crippen molar-refractivity contribution in [2.24, 2.45) is 75.4 Å². The van der Waals surface area contributed by atoms with Crippen LogP contribution >= 0.6 is 34.1 Å². The molecule has 0 aromatic rings. The van der Waals surface area contributed by atoms with Crippen LogP contribution in [-0.4, -0.2) is 0 Å². The quantitative estimate of drug-likeness (QED) is 0.151. The van der Waals surface area contributed by atoms with Crippen molar-refractivity contribution >= 4 is 34.1 Å². The zero-order chi connectivity index (χ0) is 41.6. The Labute approximate surface area is 418 Å². The van der Waals surface area contributed by atoms with E-state index >= 15 is 0 Å². The molecule has 8 atom stereocenters. The predicted molar refractivity (Wildman–Crippen MR) is 272 cm³/mol. The van der Waals surface area contributed by atoms with E-state index < -0.39 is 41.7 Å². The van der Waals surface area contributed by atoms with Crippen molar-refractivity contribution in [2.45, 2.75) is 158 Å². The second-order valence-electron chi connectivity index (χ2n) is 20.8. The maximum atomic E-state index is 4.93. The molecule has 0 heterocycles. The van der Waals surface area contributed by atoms with Gasteiger partial charge in [-0.05, 0) is 132 Å². The van der Waals surface area contributed by atoms with E-state index in [9.17, 15) is 0 Å². The third kappa shape index (κ3) is 17.6. The van der Waals surface area contributed by atoms with Crippen molar-refractivity contribution in [3.05, 3.63) is 114 Å². The summed E-state index contributed by atoms with van der Waals surface area (Å²) in [6.07, 6.45) is 53.3. The molecule has 0 N–H and O–H groups in total. The van der Waals surface area contributed by atoms with Crippen molar-refractivity contribution in [1.82, 2.24) is 0 Å². The molecule has 6 heteroatoms. The molecule has 0 aromatic heterocycles. The average Bonchev–Trinajstić information content (AvgIpc) is 4.01. The number of hydrogen-bond acceptors (Lipinski definition) is 0. The number of fused-ring (bicyclic) bond motifs is 4. The van der Waals surface area contributed by atoms with Crippen LogP contribution in [0.25, 0.3) is 0 Å². The normalized spacial score (nSPS) is 29.2. The van der Waals surface area contributed by atoms with Gasteiger partial charge in [0.2, 0.25) is 0 Å². The fraction of sp³-hybridized carbons (Fsp3) is 0.673. The molecule has 0 saturated heterocycles. The van der Waals surface area contributed by atoms with E-state index in [1.807, 2.05) is 0 Å². The maximum absolute atomic E-state index is 4.93. The van der Waals surface area contributed by atoms with Crippen LogP contribution in [-0.2, 0) is 41.7 Å². The molecular formula is C55H90Cl4Zr2. The van der Waals surface area contributed by atoms with Crippen molar-refractivity contribution < 1.29 is 41.7 Å². The van der Waals surface area contributed by atoms with E-state index in [0.29, 0.717) is 35.0 Å². The van der Waals surface area contributed by atoms with Gasteiger partial charge in [-0.2, -0.15) is 0 Å². The number of halogens is 4. The number of unbranched alkanes of at least 4 members (excludes halogenated alkanes) is 1. The summed E-state index contributed by atoms with van der Waals surface area (Å²) in [6, 6.07) is 0. The first kappa shape index (κ1) is 62.1. The monoisotopic (exact) mass is 1070 g/mol. The molecule has 0 nitrogen and oxygen atoms in total. The van der Waals surface area contributed by atoms with Gasteiger partial charge in [0, 0.05) is 0 Å². The predicted octanol–water partition coefficient (Wildman–Crippen LogP) is 19.8. The summed E-state index contributed by atoms with van der Waals surface area (Å²) >= 11 is -1.65. The fourth-order valence-corrected chi connectivity index (χ4v) is 12.2. The number of allylic oxidation sites excluding steroid dienone is 14. The van der Waals surface area contributed by atoms with Crippen molar-refractivity contribution in [1.29, 1.82) is 0 Å². The average molecular weight is 1080 g/mol. The Morgan fingerprint density at radius 2 is 1.10 bits per heavy atom. The zero-order valence-electron chi connectivity index (χ0n) is 41.0. The van der Waals surface area contributed by atoms with Crippen LogP contribution in [0.1, 0.15) is 158 Å². The first-order chi connectivity index (χ1) is 27.2. The van der Waals surface area contributed by atoms with Crippen LogP contribution in [0.3, 0.4) is 0 Å². The van der Waals surface area contributed by atoms with Crippen LogP contribution in [0.2, 0.25) is 0 Å². The van der Waals surface area contributed by atoms with Gasteiger partial charge in [-0.1, -0.05) is 186 Å². The second kappa shape index (κ2) is 30.5. The fourth-order valence-electron chi connectivity index (χ4n) is 12.2. The summed E-state index contributed by atoms with van der Waals surface area (Å²) in [5, 5.41) is 0. The third-order valence-electron chi connectivity index (χ3n) is 15.3. The number of hydrogen-bond donors (Lipinski definition) is 0. The van der Waals surface area contributed by atoms with E-state index in [1.165, 1.54) is 103 Å². The number of rotatable bonds is 10. The molecule has 4 saturated carbocycles. The molecule has 0 aliphatic heterocycles. The van der Waals surface area contributed by atoms with Gasteiger partial charge in [0.05, 0.1) is 0 Å².